The maximum absolute atomic E-state index is 4.48. The van der Waals surface area contributed by atoms with Gasteiger partial charge in [0, 0.05) is 10.6 Å². The standard InChI is InChI=1S/C9H9IN2S/c1-5-3-6(10)4-7-8(5)12-9(11-2)13-7/h3-4H,1-2H3,(H,11,12). The van der Waals surface area contributed by atoms with Crippen LogP contribution in [0.15, 0.2) is 12.1 Å². The molecule has 0 radical (unpaired) electrons. The van der Waals surface area contributed by atoms with Crippen molar-refractivity contribution in [3.63, 3.8) is 0 Å². The zero-order valence-corrected chi connectivity index (χ0v) is 10.4. The number of fused-ring (bicyclic) bond motifs is 1. The van der Waals surface area contributed by atoms with Crippen LogP contribution >= 0.6 is 33.9 Å². The van der Waals surface area contributed by atoms with E-state index < -0.39 is 0 Å². The number of nitrogens with one attached hydrogen (secondary N) is 1. The Balaban J connectivity index is 2.75. The first-order valence-corrected chi connectivity index (χ1v) is 5.84. The molecule has 68 valence electrons. The van der Waals surface area contributed by atoms with Crippen molar-refractivity contribution in [1.29, 1.82) is 0 Å². The number of halogens is 1. The van der Waals surface area contributed by atoms with E-state index in [4.69, 9.17) is 0 Å². The second-order valence-electron chi connectivity index (χ2n) is 2.84. The molecule has 0 spiro atoms. The van der Waals surface area contributed by atoms with Gasteiger partial charge in [-0.3, -0.25) is 0 Å². The molecule has 2 aromatic rings. The molecule has 0 aliphatic heterocycles. The summed E-state index contributed by atoms with van der Waals surface area (Å²) in [5.74, 6) is 0. The Hall–Kier alpha value is -0.360. The lowest BCUT2D eigenvalue weighted by Crippen LogP contribution is -1.85. The van der Waals surface area contributed by atoms with Gasteiger partial charge < -0.3 is 5.32 Å². The molecular weight excluding hydrogens is 295 g/mol. The Morgan fingerprint density at radius 1 is 1.46 bits per heavy atom. The molecule has 1 aromatic heterocycles. The van der Waals surface area contributed by atoms with Crippen LogP contribution in [0.25, 0.3) is 10.2 Å². The number of hydrogen-bond acceptors (Lipinski definition) is 3. The second-order valence-corrected chi connectivity index (χ2v) is 5.11. The van der Waals surface area contributed by atoms with Crippen molar-refractivity contribution in [1.82, 2.24) is 4.98 Å². The zero-order valence-electron chi connectivity index (χ0n) is 7.39. The second kappa shape index (κ2) is 3.42. The summed E-state index contributed by atoms with van der Waals surface area (Å²) in [5.41, 5.74) is 2.37. The summed E-state index contributed by atoms with van der Waals surface area (Å²) >= 11 is 4.03. The van der Waals surface area contributed by atoms with Crippen LogP contribution in [-0.4, -0.2) is 12.0 Å². The molecule has 0 fully saturated rings. The molecule has 2 nitrogen and oxygen atoms in total. The molecule has 1 aromatic carbocycles. The summed E-state index contributed by atoms with van der Waals surface area (Å²) in [6, 6.07) is 4.32. The lowest BCUT2D eigenvalue weighted by molar-refractivity contribution is 1.38. The van der Waals surface area contributed by atoms with Gasteiger partial charge in [-0.05, 0) is 47.2 Å². The smallest absolute Gasteiger partial charge is 0.183 e. The van der Waals surface area contributed by atoms with Gasteiger partial charge in [-0.2, -0.15) is 0 Å². The Morgan fingerprint density at radius 2 is 2.23 bits per heavy atom. The van der Waals surface area contributed by atoms with E-state index in [0.717, 1.165) is 10.6 Å². The molecule has 0 atom stereocenters. The summed E-state index contributed by atoms with van der Waals surface area (Å²) in [5, 5.41) is 4.05. The van der Waals surface area contributed by atoms with Crippen LogP contribution in [-0.2, 0) is 0 Å². The first kappa shape index (κ1) is 9.21. The number of aromatic nitrogens is 1. The molecule has 13 heavy (non-hydrogen) atoms. The van der Waals surface area contributed by atoms with Gasteiger partial charge in [-0.25, -0.2) is 4.98 Å². The molecule has 2 rings (SSSR count). The van der Waals surface area contributed by atoms with E-state index in [0.29, 0.717) is 0 Å². The van der Waals surface area contributed by atoms with Gasteiger partial charge in [0.25, 0.3) is 0 Å². The van der Waals surface area contributed by atoms with E-state index in [9.17, 15) is 0 Å². The highest BCUT2D eigenvalue weighted by Gasteiger charge is 2.05. The van der Waals surface area contributed by atoms with Crippen molar-refractivity contribution < 1.29 is 0 Å². The highest BCUT2D eigenvalue weighted by Crippen LogP contribution is 2.29. The van der Waals surface area contributed by atoms with E-state index >= 15 is 0 Å². The van der Waals surface area contributed by atoms with Gasteiger partial charge in [-0.15, -0.1) is 0 Å². The maximum atomic E-state index is 4.48. The van der Waals surface area contributed by atoms with Crippen molar-refractivity contribution in [2.45, 2.75) is 6.92 Å². The summed E-state index contributed by atoms with van der Waals surface area (Å²) < 4.78 is 2.53. The minimum absolute atomic E-state index is 0.986. The first-order valence-electron chi connectivity index (χ1n) is 3.95. The molecule has 1 heterocycles. The average molecular weight is 304 g/mol. The predicted molar refractivity (Wildman–Crippen MR) is 66.6 cm³/mol. The third-order valence-electron chi connectivity index (χ3n) is 1.86. The molecule has 0 saturated carbocycles. The predicted octanol–water partition coefficient (Wildman–Crippen LogP) is 3.25. The summed E-state index contributed by atoms with van der Waals surface area (Å²) in [7, 11) is 1.90. The summed E-state index contributed by atoms with van der Waals surface area (Å²) in [4.78, 5) is 4.48. The van der Waals surface area contributed by atoms with Crippen LogP contribution in [0.4, 0.5) is 5.13 Å². The third kappa shape index (κ3) is 1.65. The maximum Gasteiger partial charge on any atom is 0.183 e. The van der Waals surface area contributed by atoms with E-state index in [1.54, 1.807) is 11.3 Å². The van der Waals surface area contributed by atoms with Crippen LogP contribution in [0.3, 0.4) is 0 Å². The van der Waals surface area contributed by atoms with E-state index in [1.165, 1.54) is 13.8 Å². The Kier molecular flexibility index (Phi) is 2.42. The lowest BCUT2D eigenvalue weighted by Gasteiger charge is -1.94. The number of rotatable bonds is 1. The average Bonchev–Trinajstić information content (AvgIpc) is 2.47. The van der Waals surface area contributed by atoms with E-state index in [2.05, 4.69) is 51.9 Å². The fourth-order valence-electron chi connectivity index (χ4n) is 1.26. The Labute approximate surface area is 94.5 Å². The fourth-order valence-corrected chi connectivity index (χ4v) is 3.19. The third-order valence-corrected chi connectivity index (χ3v) is 3.51. The highest BCUT2D eigenvalue weighted by atomic mass is 127. The van der Waals surface area contributed by atoms with E-state index in [-0.39, 0.29) is 0 Å². The van der Waals surface area contributed by atoms with Crippen LogP contribution in [0.5, 0.6) is 0 Å². The van der Waals surface area contributed by atoms with Crippen molar-refractivity contribution in [3.05, 3.63) is 21.3 Å². The SMILES string of the molecule is CNc1nc2c(C)cc(I)cc2s1. The topological polar surface area (TPSA) is 24.9 Å². The Morgan fingerprint density at radius 3 is 2.92 bits per heavy atom. The molecule has 0 aliphatic carbocycles. The molecule has 0 saturated heterocycles. The molecule has 0 unspecified atom stereocenters. The molecule has 0 amide bonds. The molecule has 0 bridgehead atoms. The van der Waals surface area contributed by atoms with Crippen molar-refractivity contribution in [2.75, 3.05) is 12.4 Å². The number of thiazole rings is 1. The number of nitrogens with zero attached hydrogens (tertiary/aromatic N) is 1. The molecular formula is C9H9IN2S. The molecule has 1 N–H and O–H groups in total. The molecule has 4 heteroatoms. The lowest BCUT2D eigenvalue weighted by atomic mass is 10.2. The van der Waals surface area contributed by atoms with Crippen LogP contribution in [0, 0.1) is 10.5 Å². The zero-order chi connectivity index (χ0) is 9.42. The van der Waals surface area contributed by atoms with Gasteiger partial charge in [0.05, 0.1) is 10.2 Å². The number of benzene rings is 1. The van der Waals surface area contributed by atoms with Gasteiger partial charge in [0.1, 0.15) is 0 Å². The van der Waals surface area contributed by atoms with Crippen LogP contribution in [0.1, 0.15) is 5.56 Å². The van der Waals surface area contributed by atoms with Crippen molar-refractivity contribution in [3.8, 4) is 0 Å². The quantitative estimate of drug-likeness (QED) is 0.818. The van der Waals surface area contributed by atoms with Crippen LogP contribution in [0.2, 0.25) is 0 Å². The summed E-state index contributed by atoms with van der Waals surface area (Å²) in [6.45, 7) is 2.10. The molecule has 0 aliphatic rings. The number of aryl methyl sites for hydroxylation is 1. The van der Waals surface area contributed by atoms with Gasteiger partial charge in [0.2, 0.25) is 0 Å². The van der Waals surface area contributed by atoms with Crippen molar-refractivity contribution in [2.24, 2.45) is 0 Å². The van der Waals surface area contributed by atoms with Gasteiger partial charge in [0.15, 0.2) is 5.13 Å². The normalized spacial score (nSPS) is 10.7. The van der Waals surface area contributed by atoms with E-state index in [1.807, 2.05) is 7.05 Å². The number of hydrogen-bond donors (Lipinski definition) is 1. The van der Waals surface area contributed by atoms with Gasteiger partial charge >= 0.3 is 0 Å². The van der Waals surface area contributed by atoms with Crippen molar-refractivity contribution >= 4 is 49.3 Å². The largest absolute Gasteiger partial charge is 0.365 e. The minimum Gasteiger partial charge on any atom is -0.365 e. The summed E-state index contributed by atoms with van der Waals surface area (Å²) in [6.07, 6.45) is 0. The first-order chi connectivity index (χ1) is 6.20. The number of anilines is 1. The fraction of sp³-hybridized carbons (Fsp3) is 0.222. The minimum atomic E-state index is 0.986. The Bertz CT molecular complexity index is 450. The monoisotopic (exact) mass is 304 g/mol. The van der Waals surface area contributed by atoms with Gasteiger partial charge in [-0.1, -0.05) is 11.3 Å². The van der Waals surface area contributed by atoms with Crippen LogP contribution < -0.4 is 5.32 Å². The highest BCUT2D eigenvalue weighted by molar-refractivity contribution is 14.1.